The molecule has 0 N–H and O–H groups in total. The van der Waals surface area contributed by atoms with Gasteiger partial charge in [0.05, 0.1) is 28.4 Å². The predicted molar refractivity (Wildman–Crippen MR) is 73.8 cm³/mol. The topological polar surface area (TPSA) is 36.9 Å². The molecule has 0 aliphatic rings. The van der Waals surface area contributed by atoms with E-state index >= 15 is 0 Å². The van der Waals surface area contributed by atoms with E-state index in [2.05, 4.69) is 0 Å². The Morgan fingerprint density at radius 3 is 1.33 bits per heavy atom. The van der Waals surface area contributed by atoms with Crippen LogP contribution in [-0.2, 0) is 0 Å². The van der Waals surface area contributed by atoms with Crippen LogP contribution in [0.4, 0.5) is 0 Å². The van der Waals surface area contributed by atoms with Gasteiger partial charge in [0.1, 0.15) is 0 Å². The molecule has 2 aromatic rings. The van der Waals surface area contributed by atoms with Gasteiger partial charge in [-0.05, 0) is 0 Å². The molecule has 0 saturated heterocycles. The highest BCUT2D eigenvalue weighted by atomic mass is 32.1. The molecule has 0 aliphatic carbocycles. The number of hydrogen-bond donors (Lipinski definition) is 0. The Balaban J connectivity index is 2.54. The fourth-order valence-corrected chi connectivity index (χ4v) is 3.41. The molecule has 6 heteroatoms. The molecule has 0 unspecified atom stereocenters. The Labute approximate surface area is 114 Å². The summed E-state index contributed by atoms with van der Waals surface area (Å²) >= 11 is 2.99. The van der Waals surface area contributed by atoms with Gasteiger partial charge in [0, 0.05) is 21.9 Å². The summed E-state index contributed by atoms with van der Waals surface area (Å²) in [6.45, 7) is 0. The van der Waals surface area contributed by atoms with Crippen molar-refractivity contribution in [3.63, 3.8) is 0 Å². The van der Waals surface area contributed by atoms with Crippen LogP contribution in [0.3, 0.4) is 0 Å². The summed E-state index contributed by atoms with van der Waals surface area (Å²) in [4.78, 5) is 0. The van der Waals surface area contributed by atoms with Crippen molar-refractivity contribution in [3.8, 4) is 32.8 Å². The van der Waals surface area contributed by atoms with E-state index in [0.29, 0.717) is 0 Å². The minimum absolute atomic E-state index is 0.723. The molecule has 0 aromatic carbocycles. The maximum atomic E-state index is 5.40. The van der Waals surface area contributed by atoms with Gasteiger partial charge in [-0.1, -0.05) is 0 Å². The van der Waals surface area contributed by atoms with Crippen LogP contribution >= 0.6 is 22.7 Å². The first kappa shape index (κ1) is 13.0. The van der Waals surface area contributed by atoms with Crippen LogP contribution in [0.25, 0.3) is 11.1 Å². The second kappa shape index (κ2) is 5.49. The van der Waals surface area contributed by atoms with Crippen LogP contribution in [0.5, 0.6) is 21.6 Å². The first-order valence-corrected chi connectivity index (χ1v) is 6.92. The molecule has 0 amide bonds. The zero-order chi connectivity index (χ0) is 13.1. The number of methoxy groups -OCH3 is 4. The standard InChI is InChI=1S/C12H14O4S2/c1-13-9-7(5-17-11(9)15-3)8-6-18-12(16-4)10(8)14-2/h5-6H,1-4H3. The maximum absolute atomic E-state index is 5.40. The third-order valence-corrected chi connectivity index (χ3v) is 4.34. The smallest absolute Gasteiger partial charge is 0.217 e. The Kier molecular flexibility index (Phi) is 3.98. The highest BCUT2D eigenvalue weighted by molar-refractivity contribution is 7.13. The van der Waals surface area contributed by atoms with E-state index in [0.717, 1.165) is 32.8 Å². The molecule has 0 spiro atoms. The first-order valence-electron chi connectivity index (χ1n) is 5.16. The largest absolute Gasteiger partial charge is 0.491 e. The van der Waals surface area contributed by atoms with E-state index < -0.39 is 0 Å². The third kappa shape index (κ3) is 2.02. The Hall–Kier alpha value is -1.40. The predicted octanol–water partition coefficient (Wildman–Crippen LogP) is 3.51. The fraction of sp³-hybridized carbons (Fsp3) is 0.333. The summed E-state index contributed by atoms with van der Waals surface area (Å²) in [5, 5.41) is 5.48. The molecule has 0 fully saturated rings. The second-order valence-corrected chi connectivity index (χ2v) is 5.03. The summed E-state index contributed by atoms with van der Waals surface area (Å²) in [6, 6.07) is 0. The lowest BCUT2D eigenvalue weighted by molar-refractivity contribution is 0.361. The Morgan fingerprint density at radius 2 is 1.06 bits per heavy atom. The minimum Gasteiger partial charge on any atom is -0.491 e. The van der Waals surface area contributed by atoms with E-state index in [4.69, 9.17) is 18.9 Å². The molecule has 0 saturated carbocycles. The van der Waals surface area contributed by atoms with E-state index in [1.54, 1.807) is 28.4 Å². The van der Waals surface area contributed by atoms with Gasteiger partial charge in [0.15, 0.2) is 11.5 Å². The molecule has 0 bridgehead atoms. The zero-order valence-corrected chi connectivity index (χ0v) is 12.2. The van der Waals surface area contributed by atoms with Crippen molar-refractivity contribution in [3.05, 3.63) is 10.8 Å². The molecule has 2 aromatic heterocycles. The van der Waals surface area contributed by atoms with Crippen LogP contribution in [0.1, 0.15) is 0 Å². The minimum atomic E-state index is 0.723. The van der Waals surface area contributed by atoms with Gasteiger partial charge in [-0.25, -0.2) is 0 Å². The number of ether oxygens (including phenoxy) is 4. The van der Waals surface area contributed by atoms with E-state index in [1.165, 1.54) is 22.7 Å². The van der Waals surface area contributed by atoms with Gasteiger partial charge in [-0.2, -0.15) is 0 Å². The Bertz CT molecular complexity index is 482. The SMILES string of the molecule is COc1scc(-c2csc(OC)c2OC)c1OC. The highest BCUT2D eigenvalue weighted by Gasteiger charge is 2.21. The van der Waals surface area contributed by atoms with Crippen molar-refractivity contribution in [2.45, 2.75) is 0 Å². The van der Waals surface area contributed by atoms with Crippen molar-refractivity contribution in [1.82, 2.24) is 0 Å². The average Bonchev–Trinajstić information content (AvgIpc) is 3.00. The van der Waals surface area contributed by atoms with Crippen molar-refractivity contribution in [2.24, 2.45) is 0 Å². The molecule has 98 valence electrons. The molecule has 0 aliphatic heterocycles. The van der Waals surface area contributed by atoms with Gasteiger partial charge in [-0.3, -0.25) is 0 Å². The van der Waals surface area contributed by atoms with Crippen molar-refractivity contribution >= 4 is 22.7 Å². The van der Waals surface area contributed by atoms with Crippen molar-refractivity contribution < 1.29 is 18.9 Å². The lowest BCUT2D eigenvalue weighted by Gasteiger charge is -2.07. The molecule has 0 radical (unpaired) electrons. The normalized spacial score (nSPS) is 10.2. The highest BCUT2D eigenvalue weighted by Crippen LogP contribution is 2.51. The molecule has 18 heavy (non-hydrogen) atoms. The number of thiophene rings is 2. The lowest BCUT2D eigenvalue weighted by atomic mass is 10.1. The summed E-state index contributed by atoms with van der Waals surface area (Å²) in [5.74, 6) is 1.45. The maximum Gasteiger partial charge on any atom is 0.217 e. The average molecular weight is 286 g/mol. The number of hydrogen-bond acceptors (Lipinski definition) is 6. The second-order valence-electron chi connectivity index (χ2n) is 3.35. The molecule has 0 atom stereocenters. The van der Waals surface area contributed by atoms with Crippen molar-refractivity contribution in [2.75, 3.05) is 28.4 Å². The number of rotatable bonds is 5. The molecule has 2 heterocycles. The summed E-state index contributed by atoms with van der Waals surface area (Å²) in [5.41, 5.74) is 1.91. The van der Waals surface area contributed by atoms with E-state index in [-0.39, 0.29) is 0 Å². The molecule has 2 rings (SSSR count). The Morgan fingerprint density at radius 1 is 0.667 bits per heavy atom. The van der Waals surface area contributed by atoms with E-state index in [1.807, 2.05) is 10.8 Å². The zero-order valence-electron chi connectivity index (χ0n) is 10.6. The van der Waals surface area contributed by atoms with Crippen molar-refractivity contribution in [1.29, 1.82) is 0 Å². The quantitative estimate of drug-likeness (QED) is 0.843. The lowest BCUT2D eigenvalue weighted by Crippen LogP contribution is -1.90. The third-order valence-electron chi connectivity index (χ3n) is 2.50. The summed E-state index contributed by atoms with van der Waals surface area (Å²) in [6.07, 6.45) is 0. The van der Waals surface area contributed by atoms with Crippen LogP contribution in [-0.4, -0.2) is 28.4 Å². The van der Waals surface area contributed by atoms with Crippen LogP contribution in [0, 0.1) is 0 Å². The monoisotopic (exact) mass is 286 g/mol. The van der Waals surface area contributed by atoms with Crippen LogP contribution in [0.2, 0.25) is 0 Å². The molecule has 4 nitrogen and oxygen atoms in total. The van der Waals surface area contributed by atoms with Gasteiger partial charge < -0.3 is 18.9 Å². The van der Waals surface area contributed by atoms with E-state index in [9.17, 15) is 0 Å². The van der Waals surface area contributed by atoms with Gasteiger partial charge in [0.25, 0.3) is 0 Å². The van der Waals surface area contributed by atoms with Crippen LogP contribution < -0.4 is 18.9 Å². The van der Waals surface area contributed by atoms with Gasteiger partial charge >= 0.3 is 0 Å². The molecular formula is C12H14O4S2. The summed E-state index contributed by atoms with van der Waals surface area (Å²) in [7, 11) is 6.52. The first-order chi connectivity index (χ1) is 8.76. The van der Waals surface area contributed by atoms with Gasteiger partial charge in [-0.15, -0.1) is 22.7 Å². The van der Waals surface area contributed by atoms with Crippen LogP contribution in [0.15, 0.2) is 10.8 Å². The fourth-order valence-electron chi connectivity index (χ4n) is 1.70. The van der Waals surface area contributed by atoms with Gasteiger partial charge in [0.2, 0.25) is 10.1 Å². The molecular weight excluding hydrogens is 272 g/mol. The summed E-state index contributed by atoms with van der Waals surface area (Å²) < 4.78 is 21.3.